The van der Waals surface area contributed by atoms with Crippen molar-refractivity contribution in [2.45, 2.75) is 6.92 Å². The summed E-state index contributed by atoms with van der Waals surface area (Å²) in [4.78, 5) is 11.7. The minimum absolute atomic E-state index is 0.113. The van der Waals surface area contributed by atoms with Gasteiger partial charge in [0.05, 0.1) is 5.69 Å². The Labute approximate surface area is 101 Å². The molecule has 2 rings (SSSR count). The Hall–Kier alpha value is -1.88. The number of halogens is 1. The summed E-state index contributed by atoms with van der Waals surface area (Å²) in [6.45, 7) is 1.66. The maximum atomic E-state index is 13.1. The van der Waals surface area contributed by atoms with Crippen LogP contribution in [0.1, 0.15) is 15.2 Å². The van der Waals surface area contributed by atoms with Gasteiger partial charge in [-0.1, -0.05) is 6.07 Å². The van der Waals surface area contributed by atoms with Crippen LogP contribution >= 0.6 is 11.3 Å². The summed E-state index contributed by atoms with van der Waals surface area (Å²) >= 11 is 1.09. The number of benzene rings is 1. The van der Waals surface area contributed by atoms with Crippen LogP contribution in [0.4, 0.5) is 10.1 Å². The zero-order valence-electron chi connectivity index (χ0n) is 9.03. The fraction of sp³-hybridized carbons (Fsp3) is 0.0833. The Bertz CT molecular complexity index is 592. The van der Waals surface area contributed by atoms with Crippen molar-refractivity contribution in [2.75, 3.05) is 5.73 Å². The van der Waals surface area contributed by atoms with E-state index in [0.29, 0.717) is 5.56 Å². The van der Waals surface area contributed by atoms with Crippen molar-refractivity contribution < 1.29 is 14.3 Å². The molecule has 0 fully saturated rings. The zero-order valence-corrected chi connectivity index (χ0v) is 9.84. The van der Waals surface area contributed by atoms with Gasteiger partial charge in [0.1, 0.15) is 10.7 Å². The van der Waals surface area contributed by atoms with E-state index in [4.69, 9.17) is 10.8 Å². The number of carbonyl (C=O) groups is 1. The SMILES string of the molecule is Cc1cc(-c2cc(N)c(C(=O)O)s2)ccc1F. The third kappa shape index (κ3) is 2.14. The van der Waals surface area contributed by atoms with Crippen LogP contribution in [0.15, 0.2) is 24.3 Å². The normalized spacial score (nSPS) is 10.5. The number of hydrogen-bond donors (Lipinski definition) is 2. The van der Waals surface area contributed by atoms with Crippen molar-refractivity contribution in [3.05, 3.63) is 40.5 Å². The van der Waals surface area contributed by atoms with Crippen LogP contribution in [0.3, 0.4) is 0 Å². The van der Waals surface area contributed by atoms with E-state index >= 15 is 0 Å². The van der Waals surface area contributed by atoms with Crippen molar-refractivity contribution >= 4 is 23.0 Å². The first-order chi connectivity index (χ1) is 7.99. The highest BCUT2D eigenvalue weighted by Crippen LogP contribution is 2.33. The summed E-state index contributed by atoms with van der Waals surface area (Å²) in [5, 5.41) is 8.90. The molecule has 5 heteroatoms. The second-order valence-electron chi connectivity index (χ2n) is 3.66. The third-order valence-corrected chi connectivity index (χ3v) is 3.59. The van der Waals surface area contributed by atoms with Crippen molar-refractivity contribution in [1.29, 1.82) is 0 Å². The van der Waals surface area contributed by atoms with E-state index in [1.165, 1.54) is 6.07 Å². The molecule has 0 radical (unpaired) electrons. The summed E-state index contributed by atoms with van der Waals surface area (Å²) in [5.41, 5.74) is 7.13. The van der Waals surface area contributed by atoms with Gasteiger partial charge < -0.3 is 10.8 Å². The zero-order chi connectivity index (χ0) is 12.6. The van der Waals surface area contributed by atoms with E-state index < -0.39 is 5.97 Å². The van der Waals surface area contributed by atoms with E-state index in [9.17, 15) is 9.18 Å². The standard InChI is InChI=1S/C12H10FNO2S/c1-6-4-7(2-3-8(6)13)10-5-9(14)11(17-10)12(15)16/h2-5H,14H2,1H3,(H,15,16). The molecule has 0 saturated heterocycles. The number of carboxylic acids is 1. The molecule has 2 aromatic rings. The summed E-state index contributed by atoms with van der Waals surface area (Å²) in [7, 11) is 0. The fourth-order valence-corrected chi connectivity index (χ4v) is 2.43. The predicted octanol–water partition coefficient (Wildman–Crippen LogP) is 3.14. The molecule has 0 bridgehead atoms. The van der Waals surface area contributed by atoms with Gasteiger partial charge in [0.15, 0.2) is 0 Å². The first-order valence-electron chi connectivity index (χ1n) is 4.88. The Morgan fingerprint density at radius 2 is 2.12 bits per heavy atom. The number of anilines is 1. The van der Waals surface area contributed by atoms with Gasteiger partial charge in [-0.05, 0) is 36.2 Å². The van der Waals surface area contributed by atoms with Gasteiger partial charge in [0.2, 0.25) is 0 Å². The number of hydrogen-bond acceptors (Lipinski definition) is 3. The van der Waals surface area contributed by atoms with E-state index in [2.05, 4.69) is 0 Å². The highest BCUT2D eigenvalue weighted by atomic mass is 32.1. The summed E-state index contributed by atoms with van der Waals surface area (Å²) < 4.78 is 13.1. The lowest BCUT2D eigenvalue weighted by atomic mass is 10.1. The van der Waals surface area contributed by atoms with Crippen molar-refractivity contribution in [1.82, 2.24) is 0 Å². The Kier molecular flexibility index (Phi) is 2.85. The number of nitrogen functional groups attached to an aromatic ring is 1. The van der Waals surface area contributed by atoms with Crippen LogP contribution in [-0.4, -0.2) is 11.1 Å². The van der Waals surface area contributed by atoms with Gasteiger partial charge in [0, 0.05) is 4.88 Å². The lowest BCUT2D eigenvalue weighted by Crippen LogP contribution is -1.96. The van der Waals surface area contributed by atoms with Crippen molar-refractivity contribution in [3.8, 4) is 10.4 Å². The van der Waals surface area contributed by atoms with E-state index in [0.717, 1.165) is 21.8 Å². The Morgan fingerprint density at radius 1 is 1.41 bits per heavy atom. The molecule has 0 atom stereocenters. The molecule has 0 saturated carbocycles. The third-order valence-electron chi connectivity index (χ3n) is 2.40. The average molecular weight is 251 g/mol. The number of rotatable bonds is 2. The van der Waals surface area contributed by atoms with Crippen LogP contribution in [0.2, 0.25) is 0 Å². The van der Waals surface area contributed by atoms with Crippen LogP contribution < -0.4 is 5.73 Å². The minimum atomic E-state index is -1.04. The molecule has 1 heterocycles. The molecule has 17 heavy (non-hydrogen) atoms. The van der Waals surface area contributed by atoms with E-state index in [1.54, 1.807) is 25.1 Å². The van der Waals surface area contributed by atoms with Gasteiger partial charge in [-0.15, -0.1) is 11.3 Å². The van der Waals surface area contributed by atoms with Crippen molar-refractivity contribution in [3.63, 3.8) is 0 Å². The number of aromatic carboxylic acids is 1. The molecule has 3 nitrogen and oxygen atoms in total. The number of carboxylic acid groups (broad SMARTS) is 1. The van der Waals surface area contributed by atoms with E-state index in [1.807, 2.05) is 0 Å². The number of nitrogens with two attached hydrogens (primary N) is 1. The second-order valence-corrected chi connectivity index (χ2v) is 4.72. The molecule has 0 aliphatic heterocycles. The highest BCUT2D eigenvalue weighted by molar-refractivity contribution is 7.17. The fourth-order valence-electron chi connectivity index (χ4n) is 1.51. The van der Waals surface area contributed by atoms with Crippen LogP contribution in [0.5, 0.6) is 0 Å². The molecule has 0 amide bonds. The molecule has 0 spiro atoms. The van der Waals surface area contributed by atoms with Gasteiger partial charge in [-0.2, -0.15) is 0 Å². The van der Waals surface area contributed by atoms with Crippen LogP contribution in [0.25, 0.3) is 10.4 Å². The molecule has 0 unspecified atom stereocenters. The maximum absolute atomic E-state index is 13.1. The maximum Gasteiger partial charge on any atom is 0.348 e. The van der Waals surface area contributed by atoms with Crippen LogP contribution in [-0.2, 0) is 0 Å². The highest BCUT2D eigenvalue weighted by Gasteiger charge is 2.14. The van der Waals surface area contributed by atoms with Gasteiger partial charge in [-0.25, -0.2) is 9.18 Å². The Morgan fingerprint density at radius 3 is 2.65 bits per heavy atom. The molecule has 0 aliphatic carbocycles. The predicted molar refractivity (Wildman–Crippen MR) is 65.8 cm³/mol. The summed E-state index contributed by atoms with van der Waals surface area (Å²) in [5.74, 6) is -1.32. The topological polar surface area (TPSA) is 63.3 Å². The van der Waals surface area contributed by atoms with Gasteiger partial charge in [-0.3, -0.25) is 0 Å². The Balaban J connectivity index is 2.50. The first kappa shape index (κ1) is 11.6. The molecular formula is C12H10FNO2S. The largest absolute Gasteiger partial charge is 0.477 e. The average Bonchev–Trinajstić information content (AvgIpc) is 2.64. The van der Waals surface area contributed by atoms with E-state index in [-0.39, 0.29) is 16.4 Å². The second kappa shape index (κ2) is 4.18. The molecule has 1 aromatic carbocycles. The smallest absolute Gasteiger partial charge is 0.348 e. The minimum Gasteiger partial charge on any atom is -0.477 e. The molecule has 0 aliphatic rings. The summed E-state index contributed by atoms with van der Waals surface area (Å²) in [6.07, 6.45) is 0. The van der Waals surface area contributed by atoms with Crippen molar-refractivity contribution in [2.24, 2.45) is 0 Å². The monoisotopic (exact) mass is 251 g/mol. The number of aryl methyl sites for hydroxylation is 1. The number of thiophene rings is 1. The van der Waals surface area contributed by atoms with Gasteiger partial charge >= 0.3 is 5.97 Å². The first-order valence-corrected chi connectivity index (χ1v) is 5.70. The quantitative estimate of drug-likeness (QED) is 0.861. The summed E-state index contributed by atoms with van der Waals surface area (Å²) in [6, 6.07) is 6.24. The molecule has 88 valence electrons. The van der Waals surface area contributed by atoms with Crippen LogP contribution in [0, 0.1) is 12.7 Å². The lowest BCUT2D eigenvalue weighted by Gasteiger charge is -2.00. The molecule has 1 aromatic heterocycles. The molecular weight excluding hydrogens is 241 g/mol. The lowest BCUT2D eigenvalue weighted by molar-refractivity contribution is 0.0703. The molecule has 3 N–H and O–H groups in total. The van der Waals surface area contributed by atoms with Gasteiger partial charge in [0.25, 0.3) is 0 Å².